The van der Waals surface area contributed by atoms with E-state index in [1.807, 2.05) is 13.8 Å². The number of sulfonamides is 1. The number of aromatic nitrogens is 3. The first-order valence-electron chi connectivity index (χ1n) is 6.32. The number of aryl methyl sites for hydroxylation is 3. The molecule has 0 aliphatic heterocycles. The van der Waals surface area contributed by atoms with Gasteiger partial charge in [0.05, 0.1) is 6.04 Å². The fraction of sp³-hybridized carbons (Fsp3) is 0.500. The highest BCUT2D eigenvalue weighted by molar-refractivity contribution is 7.89. The van der Waals surface area contributed by atoms with Crippen LogP contribution in [-0.4, -0.2) is 23.5 Å². The molecule has 20 heavy (non-hydrogen) atoms. The summed E-state index contributed by atoms with van der Waals surface area (Å²) in [6.45, 7) is 6.93. The zero-order valence-corrected chi connectivity index (χ0v) is 12.7. The van der Waals surface area contributed by atoms with Crippen molar-refractivity contribution < 1.29 is 12.9 Å². The Morgan fingerprint density at radius 2 is 2.10 bits per heavy atom. The molecule has 0 fully saturated rings. The van der Waals surface area contributed by atoms with E-state index in [1.165, 1.54) is 0 Å². The summed E-state index contributed by atoms with van der Waals surface area (Å²) in [5.41, 5.74) is 1.23. The number of H-pyrrole nitrogens is 1. The van der Waals surface area contributed by atoms with Crippen molar-refractivity contribution in [1.29, 1.82) is 0 Å². The number of nitrogens with one attached hydrogen (secondary N) is 2. The minimum atomic E-state index is -3.69. The standard InChI is InChI=1S/C12H18N4O3S/c1-5-10(12-13-6-7(2)14-12)16-20(17,18)11-8(3)15-19-9(11)4/h6,10,16H,5H2,1-4H3,(H,13,14). The maximum Gasteiger partial charge on any atom is 0.246 e. The molecule has 1 unspecified atom stereocenters. The third-order valence-corrected chi connectivity index (χ3v) is 4.71. The minimum Gasteiger partial charge on any atom is -0.360 e. The van der Waals surface area contributed by atoms with Crippen molar-refractivity contribution in [2.24, 2.45) is 0 Å². The van der Waals surface area contributed by atoms with Crippen molar-refractivity contribution in [1.82, 2.24) is 19.8 Å². The van der Waals surface area contributed by atoms with E-state index in [1.54, 1.807) is 20.0 Å². The van der Waals surface area contributed by atoms with Gasteiger partial charge in [0.2, 0.25) is 10.0 Å². The second kappa shape index (κ2) is 5.37. The van der Waals surface area contributed by atoms with Crippen LogP contribution < -0.4 is 4.72 Å². The van der Waals surface area contributed by atoms with Crippen LogP contribution in [0.3, 0.4) is 0 Å². The largest absolute Gasteiger partial charge is 0.360 e. The van der Waals surface area contributed by atoms with E-state index < -0.39 is 16.1 Å². The summed E-state index contributed by atoms with van der Waals surface area (Å²) in [4.78, 5) is 7.32. The molecule has 2 aromatic heterocycles. The minimum absolute atomic E-state index is 0.0965. The summed E-state index contributed by atoms with van der Waals surface area (Å²) in [5, 5.41) is 3.67. The molecule has 2 heterocycles. The monoisotopic (exact) mass is 298 g/mol. The molecule has 2 aromatic rings. The average molecular weight is 298 g/mol. The number of rotatable bonds is 5. The molecule has 0 radical (unpaired) electrons. The Morgan fingerprint density at radius 1 is 1.40 bits per heavy atom. The molecule has 2 rings (SSSR count). The van der Waals surface area contributed by atoms with Gasteiger partial charge in [0.25, 0.3) is 0 Å². The van der Waals surface area contributed by atoms with Crippen LogP contribution in [-0.2, 0) is 10.0 Å². The lowest BCUT2D eigenvalue weighted by Gasteiger charge is -2.14. The van der Waals surface area contributed by atoms with Gasteiger partial charge in [0.15, 0.2) is 5.76 Å². The Hall–Kier alpha value is -1.67. The molecule has 110 valence electrons. The van der Waals surface area contributed by atoms with E-state index in [0.717, 1.165) is 5.69 Å². The van der Waals surface area contributed by atoms with Crippen LogP contribution >= 0.6 is 0 Å². The number of hydrogen-bond donors (Lipinski definition) is 2. The Labute approximate surface area is 117 Å². The molecule has 0 saturated heterocycles. The van der Waals surface area contributed by atoms with Crippen molar-refractivity contribution in [2.75, 3.05) is 0 Å². The molecular weight excluding hydrogens is 280 g/mol. The summed E-state index contributed by atoms with van der Waals surface area (Å²) >= 11 is 0. The molecule has 0 spiro atoms. The summed E-state index contributed by atoms with van der Waals surface area (Å²) in [5.74, 6) is 0.876. The van der Waals surface area contributed by atoms with E-state index in [4.69, 9.17) is 4.52 Å². The van der Waals surface area contributed by atoms with Gasteiger partial charge < -0.3 is 9.51 Å². The van der Waals surface area contributed by atoms with Gasteiger partial charge in [-0.15, -0.1) is 0 Å². The van der Waals surface area contributed by atoms with Gasteiger partial charge in [0, 0.05) is 11.9 Å². The van der Waals surface area contributed by atoms with Crippen LogP contribution in [0.1, 0.15) is 42.4 Å². The molecule has 8 heteroatoms. The number of imidazole rings is 1. The second-order valence-corrected chi connectivity index (χ2v) is 6.34. The third kappa shape index (κ3) is 2.75. The number of nitrogens with zero attached hydrogens (tertiary/aromatic N) is 2. The van der Waals surface area contributed by atoms with E-state index >= 15 is 0 Å². The summed E-state index contributed by atoms with van der Waals surface area (Å²) in [6.07, 6.45) is 2.25. The Bertz CT molecular complexity index is 683. The molecule has 2 N–H and O–H groups in total. The molecule has 7 nitrogen and oxygen atoms in total. The Morgan fingerprint density at radius 3 is 2.55 bits per heavy atom. The van der Waals surface area contributed by atoms with E-state index in [2.05, 4.69) is 19.8 Å². The highest BCUT2D eigenvalue weighted by atomic mass is 32.2. The van der Waals surface area contributed by atoms with Crippen molar-refractivity contribution in [3.63, 3.8) is 0 Å². The zero-order chi connectivity index (χ0) is 14.9. The average Bonchev–Trinajstić information content (AvgIpc) is 2.93. The normalized spacial score (nSPS) is 13.6. The molecule has 0 aliphatic carbocycles. The predicted octanol–water partition coefficient (Wildman–Crippen LogP) is 1.75. The fourth-order valence-corrected chi connectivity index (χ4v) is 3.66. The maximum absolute atomic E-state index is 12.4. The molecular formula is C12H18N4O3S. The topological polar surface area (TPSA) is 101 Å². The van der Waals surface area contributed by atoms with Crippen molar-refractivity contribution in [3.8, 4) is 0 Å². The van der Waals surface area contributed by atoms with Crippen molar-refractivity contribution in [3.05, 3.63) is 29.2 Å². The van der Waals surface area contributed by atoms with E-state index in [9.17, 15) is 8.42 Å². The lowest BCUT2D eigenvalue weighted by Crippen LogP contribution is -2.29. The van der Waals surface area contributed by atoms with Crippen molar-refractivity contribution >= 4 is 10.0 Å². The maximum atomic E-state index is 12.4. The lowest BCUT2D eigenvalue weighted by atomic mass is 10.2. The predicted molar refractivity (Wildman–Crippen MR) is 72.7 cm³/mol. The van der Waals surface area contributed by atoms with Crippen LogP contribution in [0.2, 0.25) is 0 Å². The van der Waals surface area contributed by atoms with Gasteiger partial charge in [-0.1, -0.05) is 12.1 Å². The number of aromatic amines is 1. The highest BCUT2D eigenvalue weighted by Crippen LogP contribution is 2.22. The molecule has 0 amide bonds. The molecule has 0 bridgehead atoms. The lowest BCUT2D eigenvalue weighted by molar-refractivity contribution is 0.390. The van der Waals surface area contributed by atoms with Gasteiger partial charge in [-0.2, -0.15) is 0 Å². The quantitative estimate of drug-likeness (QED) is 0.875. The third-order valence-electron chi connectivity index (χ3n) is 2.99. The fourth-order valence-electron chi connectivity index (χ4n) is 2.05. The van der Waals surface area contributed by atoms with Gasteiger partial charge in [-0.25, -0.2) is 18.1 Å². The summed E-state index contributed by atoms with van der Waals surface area (Å²) in [6, 6.07) is -0.414. The van der Waals surface area contributed by atoms with Gasteiger partial charge in [-0.3, -0.25) is 0 Å². The van der Waals surface area contributed by atoms with Crippen LogP contribution in [0.4, 0.5) is 0 Å². The first-order chi connectivity index (χ1) is 9.35. The van der Waals surface area contributed by atoms with Crippen LogP contribution in [0.5, 0.6) is 0 Å². The molecule has 0 saturated carbocycles. The molecule has 0 aliphatic rings. The summed E-state index contributed by atoms with van der Waals surface area (Å²) < 4.78 is 32.4. The van der Waals surface area contributed by atoms with E-state index in [-0.39, 0.29) is 10.7 Å². The first kappa shape index (κ1) is 14.7. The highest BCUT2D eigenvalue weighted by Gasteiger charge is 2.28. The van der Waals surface area contributed by atoms with Crippen LogP contribution in [0.25, 0.3) is 0 Å². The second-order valence-electron chi connectivity index (χ2n) is 4.69. The zero-order valence-electron chi connectivity index (χ0n) is 11.9. The SMILES string of the molecule is CCC(NS(=O)(=O)c1c(C)noc1C)c1ncc(C)[nH]1. The van der Waals surface area contributed by atoms with Gasteiger partial charge >= 0.3 is 0 Å². The van der Waals surface area contributed by atoms with Crippen LogP contribution in [0, 0.1) is 20.8 Å². The van der Waals surface area contributed by atoms with Crippen LogP contribution in [0.15, 0.2) is 15.6 Å². The van der Waals surface area contributed by atoms with Gasteiger partial charge in [-0.05, 0) is 27.2 Å². The summed E-state index contributed by atoms with van der Waals surface area (Å²) in [7, 11) is -3.69. The molecule has 0 aromatic carbocycles. The van der Waals surface area contributed by atoms with Crippen molar-refractivity contribution in [2.45, 2.75) is 45.1 Å². The Kier molecular flexibility index (Phi) is 3.96. The van der Waals surface area contributed by atoms with E-state index in [0.29, 0.717) is 17.9 Å². The smallest absolute Gasteiger partial charge is 0.246 e. The number of hydrogen-bond acceptors (Lipinski definition) is 5. The van der Waals surface area contributed by atoms with Gasteiger partial charge in [0.1, 0.15) is 16.4 Å². The first-order valence-corrected chi connectivity index (χ1v) is 7.80. The Balaban J connectivity index is 2.32. The molecule has 1 atom stereocenters.